The summed E-state index contributed by atoms with van der Waals surface area (Å²) < 4.78 is 10.8. The molecule has 2 N–H and O–H groups in total. The van der Waals surface area contributed by atoms with Gasteiger partial charge in [-0.15, -0.1) is 0 Å². The van der Waals surface area contributed by atoms with Gasteiger partial charge in [-0.3, -0.25) is 14.6 Å². The van der Waals surface area contributed by atoms with Crippen LogP contribution in [0.4, 0.5) is 0 Å². The molecule has 0 amide bonds. The number of aromatic nitrogens is 2. The monoisotopic (exact) mass is 514 g/mol. The van der Waals surface area contributed by atoms with Crippen LogP contribution in [0.1, 0.15) is 33.9 Å². The minimum absolute atomic E-state index is 0.0639. The minimum atomic E-state index is -0.517. The number of methoxy groups -OCH3 is 1. The molecular weight excluding hydrogens is 480 g/mol. The Morgan fingerprint density at radius 1 is 1.05 bits per heavy atom. The van der Waals surface area contributed by atoms with Crippen LogP contribution in [0.3, 0.4) is 0 Å². The summed E-state index contributed by atoms with van der Waals surface area (Å²) in [4.78, 5) is 23.2. The third kappa shape index (κ3) is 6.69. The van der Waals surface area contributed by atoms with Crippen LogP contribution in [0.25, 0.3) is 0 Å². The van der Waals surface area contributed by atoms with E-state index in [2.05, 4.69) is 68.0 Å². The summed E-state index contributed by atoms with van der Waals surface area (Å²) in [6.45, 7) is 7.04. The van der Waals surface area contributed by atoms with Crippen molar-refractivity contribution in [1.29, 1.82) is 0 Å². The lowest BCUT2D eigenvalue weighted by atomic mass is 9.91. The average molecular weight is 515 g/mol. The number of hydrogen-bond acceptors (Lipinski definition) is 7. The smallest absolute Gasteiger partial charge is 0.293 e. The molecule has 1 aromatic heterocycles. The highest BCUT2D eigenvalue weighted by Gasteiger charge is 2.29. The Bertz CT molecular complexity index is 1320. The topological polar surface area (TPSA) is 90.9 Å². The molecule has 8 nitrogen and oxygen atoms in total. The Labute approximate surface area is 223 Å². The zero-order valence-corrected chi connectivity index (χ0v) is 21.7. The number of H-pyrrole nitrogens is 1. The third-order valence-corrected chi connectivity index (χ3v) is 7.28. The van der Waals surface area contributed by atoms with Gasteiger partial charge >= 0.3 is 0 Å². The fourth-order valence-corrected chi connectivity index (χ4v) is 4.93. The van der Waals surface area contributed by atoms with Crippen LogP contribution in [0.5, 0.6) is 5.75 Å². The first-order chi connectivity index (χ1) is 18.6. The number of aromatic hydroxyl groups is 1. The normalized spacial score (nSPS) is 17.4. The SMILES string of the molecule is COC1CN(C[C@@H](Cc2nc[nH]c(=O)c2O)c2ccc(C#Cc3ccc(CN4CCOCC4)cc3)cc2)C1. The molecule has 198 valence electrons. The predicted octanol–water partition coefficient (Wildman–Crippen LogP) is 2.36. The van der Waals surface area contributed by atoms with Crippen molar-refractivity contribution in [1.82, 2.24) is 19.8 Å². The number of hydrogen-bond donors (Lipinski definition) is 2. The van der Waals surface area contributed by atoms with Crippen LogP contribution in [0, 0.1) is 11.8 Å². The van der Waals surface area contributed by atoms with Crippen molar-refractivity contribution in [2.24, 2.45) is 0 Å². The van der Waals surface area contributed by atoms with Crippen LogP contribution in [-0.2, 0) is 22.4 Å². The summed E-state index contributed by atoms with van der Waals surface area (Å²) in [6.07, 6.45) is 2.06. The maximum atomic E-state index is 11.9. The van der Waals surface area contributed by atoms with Gasteiger partial charge in [-0.05, 0) is 35.4 Å². The summed E-state index contributed by atoms with van der Waals surface area (Å²) in [5.74, 6) is 6.29. The lowest BCUT2D eigenvalue weighted by Gasteiger charge is -2.40. The maximum absolute atomic E-state index is 11.9. The molecule has 0 unspecified atom stereocenters. The van der Waals surface area contributed by atoms with Gasteiger partial charge in [0.05, 0.1) is 31.3 Å². The van der Waals surface area contributed by atoms with Crippen LogP contribution in [0.2, 0.25) is 0 Å². The van der Waals surface area contributed by atoms with E-state index in [1.807, 2.05) is 12.1 Å². The van der Waals surface area contributed by atoms with E-state index in [1.54, 1.807) is 7.11 Å². The van der Waals surface area contributed by atoms with Gasteiger partial charge in [-0.25, -0.2) is 4.98 Å². The highest BCUT2D eigenvalue weighted by molar-refractivity contribution is 5.44. The number of benzene rings is 2. The molecule has 5 rings (SSSR count). The predicted molar refractivity (Wildman–Crippen MR) is 145 cm³/mol. The first-order valence-corrected chi connectivity index (χ1v) is 13.1. The van der Waals surface area contributed by atoms with Gasteiger partial charge in [0.25, 0.3) is 5.56 Å². The van der Waals surface area contributed by atoms with Crippen molar-refractivity contribution in [2.45, 2.75) is 25.0 Å². The van der Waals surface area contributed by atoms with E-state index in [-0.39, 0.29) is 17.8 Å². The Hall–Kier alpha value is -3.48. The van der Waals surface area contributed by atoms with Crippen molar-refractivity contribution in [2.75, 3.05) is 53.0 Å². The standard InChI is InChI=1S/C30H34N4O4/c1-37-27-19-34(20-27)18-26(16-28-29(35)30(36)32-21-31-28)25-10-8-23(9-11-25)3-2-22-4-6-24(7-5-22)17-33-12-14-38-15-13-33/h4-11,21,26-27,35H,12-20H2,1H3,(H,31,32,36)/t26-/m1/s1. The Kier molecular flexibility index (Phi) is 8.51. The van der Waals surface area contributed by atoms with E-state index in [4.69, 9.17) is 9.47 Å². The van der Waals surface area contributed by atoms with Gasteiger partial charge in [0, 0.05) is 69.8 Å². The number of rotatable bonds is 8. The van der Waals surface area contributed by atoms with Crippen molar-refractivity contribution in [3.63, 3.8) is 0 Å². The van der Waals surface area contributed by atoms with Gasteiger partial charge in [0.1, 0.15) is 0 Å². The number of aromatic amines is 1. The second kappa shape index (κ2) is 12.4. The van der Waals surface area contributed by atoms with Crippen molar-refractivity contribution >= 4 is 0 Å². The van der Waals surface area contributed by atoms with Gasteiger partial charge < -0.3 is 19.6 Å². The number of nitrogens with zero attached hydrogens (tertiary/aromatic N) is 3. The van der Waals surface area contributed by atoms with Gasteiger partial charge in [0.15, 0.2) is 0 Å². The molecule has 8 heteroatoms. The van der Waals surface area contributed by atoms with Crippen LogP contribution in [0.15, 0.2) is 59.7 Å². The van der Waals surface area contributed by atoms with Crippen molar-refractivity contribution < 1.29 is 14.6 Å². The lowest BCUT2D eigenvalue weighted by molar-refractivity contribution is -0.0317. The van der Waals surface area contributed by atoms with E-state index in [1.165, 1.54) is 11.9 Å². The van der Waals surface area contributed by atoms with Crippen LogP contribution in [-0.4, -0.2) is 84.0 Å². The molecule has 1 atom stereocenters. The quantitative estimate of drug-likeness (QED) is 0.446. The molecule has 2 saturated heterocycles. The molecule has 0 aliphatic carbocycles. The van der Waals surface area contributed by atoms with Crippen molar-refractivity contribution in [3.8, 4) is 17.6 Å². The molecule has 2 fully saturated rings. The summed E-state index contributed by atoms with van der Waals surface area (Å²) in [7, 11) is 1.73. The Balaban J connectivity index is 1.25. The second-order valence-electron chi connectivity index (χ2n) is 9.96. The van der Waals surface area contributed by atoms with Crippen LogP contribution >= 0.6 is 0 Å². The molecular formula is C30H34N4O4. The van der Waals surface area contributed by atoms with Crippen LogP contribution < -0.4 is 5.56 Å². The molecule has 3 aromatic rings. The Morgan fingerprint density at radius 3 is 2.37 bits per heavy atom. The molecule has 3 heterocycles. The third-order valence-electron chi connectivity index (χ3n) is 7.28. The summed E-state index contributed by atoms with van der Waals surface area (Å²) in [5, 5.41) is 10.2. The number of morpholine rings is 1. The first kappa shape index (κ1) is 26.1. The van der Waals surface area contributed by atoms with E-state index in [0.29, 0.717) is 12.1 Å². The molecule has 2 aliphatic heterocycles. The molecule has 0 radical (unpaired) electrons. The maximum Gasteiger partial charge on any atom is 0.293 e. The van der Waals surface area contributed by atoms with E-state index in [9.17, 15) is 9.90 Å². The highest BCUT2D eigenvalue weighted by atomic mass is 16.5. The lowest BCUT2D eigenvalue weighted by Crippen LogP contribution is -2.53. The Morgan fingerprint density at radius 2 is 1.71 bits per heavy atom. The number of nitrogens with one attached hydrogen (secondary N) is 1. The van der Waals surface area contributed by atoms with Gasteiger partial charge in [0.2, 0.25) is 5.75 Å². The fraction of sp³-hybridized carbons (Fsp3) is 0.400. The number of ether oxygens (including phenoxy) is 2. The molecule has 0 bridgehead atoms. The minimum Gasteiger partial charge on any atom is -0.502 e. The van der Waals surface area contributed by atoms with Gasteiger partial charge in [-0.2, -0.15) is 0 Å². The fourth-order valence-electron chi connectivity index (χ4n) is 4.93. The summed E-state index contributed by atoms with van der Waals surface area (Å²) in [5.41, 5.74) is 4.21. The van der Waals surface area contributed by atoms with Crippen molar-refractivity contribution in [3.05, 3.63) is 93.2 Å². The second-order valence-corrected chi connectivity index (χ2v) is 9.96. The molecule has 0 spiro atoms. The van der Waals surface area contributed by atoms with E-state index in [0.717, 1.165) is 69.2 Å². The zero-order valence-electron chi connectivity index (χ0n) is 21.7. The summed E-state index contributed by atoms with van der Waals surface area (Å²) in [6, 6.07) is 16.7. The molecule has 2 aromatic carbocycles. The average Bonchev–Trinajstić information content (AvgIpc) is 2.92. The number of likely N-dealkylation sites (tertiary alicyclic amines) is 1. The zero-order chi connectivity index (χ0) is 26.3. The largest absolute Gasteiger partial charge is 0.502 e. The molecule has 38 heavy (non-hydrogen) atoms. The van der Waals surface area contributed by atoms with E-state index >= 15 is 0 Å². The van der Waals surface area contributed by atoms with E-state index < -0.39 is 5.56 Å². The molecule has 0 saturated carbocycles. The first-order valence-electron chi connectivity index (χ1n) is 13.1. The molecule has 2 aliphatic rings. The highest BCUT2D eigenvalue weighted by Crippen LogP contribution is 2.26. The summed E-state index contributed by atoms with van der Waals surface area (Å²) >= 11 is 0. The van der Waals surface area contributed by atoms with Gasteiger partial charge in [-0.1, -0.05) is 36.1 Å².